The molecule has 2 heterocycles. The molecule has 1 N–H and O–H groups in total. The van der Waals surface area contributed by atoms with Crippen LogP contribution in [-0.2, 0) is 18.4 Å². The lowest BCUT2D eigenvalue weighted by Crippen LogP contribution is -2.17. The van der Waals surface area contributed by atoms with Gasteiger partial charge in [-0.2, -0.15) is 0 Å². The summed E-state index contributed by atoms with van der Waals surface area (Å²) in [5, 5.41) is 6.65. The number of oxazole rings is 1. The Morgan fingerprint density at radius 2 is 1.88 bits per heavy atom. The lowest BCUT2D eigenvalue weighted by atomic mass is 9.98. The van der Waals surface area contributed by atoms with E-state index in [1.807, 2.05) is 0 Å². The topological polar surface area (TPSA) is 51.0 Å². The lowest BCUT2D eigenvalue weighted by Gasteiger charge is -2.13. The first kappa shape index (κ1) is 17.8. The first-order valence-corrected chi connectivity index (χ1v) is 9.16. The van der Waals surface area contributed by atoms with E-state index in [1.165, 1.54) is 12.1 Å². The fourth-order valence-electron chi connectivity index (χ4n) is 2.31. The average molecular weight is 359 g/mol. The number of nitrogens with one attached hydrogen (secondary N) is 1. The number of halogens is 1. The Kier molecular flexibility index (Phi) is 5.30. The van der Waals surface area contributed by atoms with Gasteiger partial charge in [-0.3, -0.25) is 0 Å². The molecule has 1 aromatic carbocycles. The molecule has 25 heavy (non-hydrogen) atoms. The van der Waals surface area contributed by atoms with E-state index in [9.17, 15) is 4.39 Å². The van der Waals surface area contributed by atoms with E-state index >= 15 is 0 Å². The molecule has 0 radical (unpaired) electrons. The predicted molar refractivity (Wildman–Crippen MR) is 98.1 cm³/mol. The van der Waals surface area contributed by atoms with Crippen molar-refractivity contribution in [3.05, 3.63) is 58.1 Å². The van der Waals surface area contributed by atoms with E-state index in [1.54, 1.807) is 29.7 Å². The van der Waals surface area contributed by atoms with Gasteiger partial charge in [-0.1, -0.05) is 20.8 Å². The number of nitrogens with zero attached hydrogens (tertiary/aromatic N) is 2. The minimum Gasteiger partial charge on any atom is -0.444 e. The van der Waals surface area contributed by atoms with Gasteiger partial charge in [0.25, 0.3) is 0 Å². The van der Waals surface area contributed by atoms with Crippen LogP contribution < -0.4 is 5.32 Å². The number of benzene rings is 1. The fraction of sp³-hybridized carbons (Fsp3) is 0.368. The van der Waals surface area contributed by atoms with Gasteiger partial charge in [-0.25, -0.2) is 14.4 Å². The van der Waals surface area contributed by atoms with Crippen LogP contribution >= 0.6 is 11.3 Å². The van der Waals surface area contributed by atoms with Crippen LogP contribution in [0.5, 0.6) is 0 Å². The van der Waals surface area contributed by atoms with Gasteiger partial charge in [0.05, 0.1) is 16.4 Å². The Morgan fingerprint density at radius 1 is 1.12 bits per heavy atom. The van der Waals surface area contributed by atoms with Gasteiger partial charge >= 0.3 is 0 Å². The molecule has 0 bridgehead atoms. The van der Waals surface area contributed by atoms with Gasteiger partial charge in [0.2, 0.25) is 5.89 Å². The zero-order valence-corrected chi connectivity index (χ0v) is 15.5. The van der Waals surface area contributed by atoms with E-state index in [2.05, 4.69) is 41.4 Å². The van der Waals surface area contributed by atoms with Crippen LogP contribution in [0.2, 0.25) is 0 Å². The maximum atomic E-state index is 13.0. The van der Waals surface area contributed by atoms with Crippen LogP contribution in [0.1, 0.15) is 37.2 Å². The van der Waals surface area contributed by atoms with Gasteiger partial charge in [0.1, 0.15) is 12.1 Å². The van der Waals surface area contributed by atoms with Crippen molar-refractivity contribution in [1.29, 1.82) is 0 Å². The van der Waals surface area contributed by atoms with Crippen molar-refractivity contribution < 1.29 is 8.81 Å². The lowest BCUT2D eigenvalue weighted by molar-refractivity contribution is 0.570. The molecule has 0 amide bonds. The van der Waals surface area contributed by atoms with E-state index < -0.39 is 0 Å². The van der Waals surface area contributed by atoms with Crippen molar-refractivity contribution in [3.63, 3.8) is 0 Å². The summed E-state index contributed by atoms with van der Waals surface area (Å²) in [6, 6.07) is 6.14. The highest BCUT2D eigenvalue weighted by Gasteiger charge is 2.17. The van der Waals surface area contributed by atoms with E-state index in [0.717, 1.165) is 41.5 Å². The first-order chi connectivity index (χ1) is 11.9. The molecule has 0 saturated heterocycles. The number of hydrogen-bond donors (Lipinski definition) is 1. The van der Waals surface area contributed by atoms with Gasteiger partial charge in [0.15, 0.2) is 0 Å². The van der Waals surface area contributed by atoms with Crippen LogP contribution in [0.15, 0.2) is 40.3 Å². The molecule has 0 aliphatic heterocycles. The van der Waals surface area contributed by atoms with Crippen molar-refractivity contribution in [1.82, 2.24) is 15.3 Å². The summed E-state index contributed by atoms with van der Waals surface area (Å²) >= 11 is 1.71. The Balaban J connectivity index is 1.48. The summed E-state index contributed by atoms with van der Waals surface area (Å²) in [5.41, 5.74) is 2.82. The number of hydrogen-bond acceptors (Lipinski definition) is 5. The summed E-state index contributed by atoms with van der Waals surface area (Å²) in [5.74, 6) is 0.251. The molecule has 0 aliphatic rings. The first-order valence-electron chi connectivity index (χ1n) is 8.28. The molecular formula is C19H22FN3OS. The summed E-state index contributed by atoms with van der Waals surface area (Å²) in [6.07, 6.45) is 2.42. The van der Waals surface area contributed by atoms with E-state index in [4.69, 9.17) is 4.42 Å². The molecule has 0 fully saturated rings. The Morgan fingerprint density at radius 3 is 2.56 bits per heavy atom. The van der Waals surface area contributed by atoms with Gasteiger partial charge in [0, 0.05) is 35.9 Å². The van der Waals surface area contributed by atoms with E-state index in [-0.39, 0.29) is 11.2 Å². The molecule has 6 heteroatoms. The van der Waals surface area contributed by atoms with Crippen molar-refractivity contribution in [2.45, 2.75) is 39.2 Å². The number of aromatic nitrogens is 2. The summed E-state index contributed by atoms with van der Waals surface area (Å²) in [7, 11) is 0. The molecule has 2 aromatic heterocycles. The third-order valence-corrected chi connectivity index (χ3v) is 5.02. The normalized spacial score (nSPS) is 11.8. The monoisotopic (exact) mass is 359 g/mol. The smallest absolute Gasteiger partial charge is 0.226 e. The third kappa shape index (κ3) is 4.74. The largest absolute Gasteiger partial charge is 0.444 e. The van der Waals surface area contributed by atoms with Crippen LogP contribution in [0, 0.1) is 5.82 Å². The molecule has 3 rings (SSSR count). The maximum absolute atomic E-state index is 13.0. The highest BCUT2D eigenvalue weighted by Crippen LogP contribution is 2.25. The van der Waals surface area contributed by atoms with Gasteiger partial charge in [-0.05, 0) is 24.3 Å². The second kappa shape index (κ2) is 7.45. The number of thiazole rings is 1. The van der Waals surface area contributed by atoms with Crippen LogP contribution in [0.4, 0.5) is 4.39 Å². The van der Waals surface area contributed by atoms with E-state index in [0.29, 0.717) is 5.89 Å². The Bertz CT molecular complexity index is 818. The minimum atomic E-state index is -0.267. The SMILES string of the molecule is CC(C)(C)c1nc(CNCCc2coc(-c3ccc(F)cc3)n2)cs1. The summed E-state index contributed by atoms with van der Waals surface area (Å²) < 4.78 is 18.4. The Labute approximate surface area is 151 Å². The minimum absolute atomic E-state index is 0.0976. The van der Waals surface area contributed by atoms with Crippen LogP contribution in [0.3, 0.4) is 0 Å². The zero-order valence-electron chi connectivity index (χ0n) is 14.7. The third-order valence-electron chi connectivity index (χ3n) is 3.70. The molecule has 4 nitrogen and oxygen atoms in total. The van der Waals surface area contributed by atoms with Crippen molar-refractivity contribution in [2.75, 3.05) is 6.54 Å². The van der Waals surface area contributed by atoms with Crippen LogP contribution in [0.25, 0.3) is 11.5 Å². The number of rotatable bonds is 6. The van der Waals surface area contributed by atoms with Crippen LogP contribution in [-0.4, -0.2) is 16.5 Å². The maximum Gasteiger partial charge on any atom is 0.226 e. The molecule has 0 spiro atoms. The quantitative estimate of drug-likeness (QED) is 0.655. The van der Waals surface area contributed by atoms with Gasteiger partial charge < -0.3 is 9.73 Å². The highest BCUT2D eigenvalue weighted by atomic mass is 32.1. The van der Waals surface area contributed by atoms with Crippen molar-refractivity contribution >= 4 is 11.3 Å². The standard InChI is InChI=1S/C19H22FN3OS/c1-19(2,3)18-23-16(12-25-18)10-21-9-8-15-11-24-17(22-15)13-4-6-14(20)7-5-13/h4-7,11-12,21H,8-10H2,1-3H3. The second-order valence-electron chi connectivity index (χ2n) is 6.97. The summed E-state index contributed by atoms with van der Waals surface area (Å²) in [6.45, 7) is 8.05. The molecule has 132 valence electrons. The molecule has 0 unspecified atom stereocenters. The summed E-state index contributed by atoms with van der Waals surface area (Å²) in [4.78, 5) is 9.12. The average Bonchev–Trinajstić information content (AvgIpc) is 3.21. The molecule has 3 aromatic rings. The molecular weight excluding hydrogens is 337 g/mol. The van der Waals surface area contributed by atoms with Crippen molar-refractivity contribution in [2.24, 2.45) is 0 Å². The zero-order chi connectivity index (χ0) is 17.9. The predicted octanol–water partition coefficient (Wildman–Crippen LogP) is 4.57. The second-order valence-corrected chi connectivity index (χ2v) is 7.83. The fourth-order valence-corrected chi connectivity index (χ4v) is 3.22. The molecule has 0 aliphatic carbocycles. The Hall–Kier alpha value is -2.05. The van der Waals surface area contributed by atoms with Crippen molar-refractivity contribution in [3.8, 4) is 11.5 Å². The molecule has 0 saturated carbocycles. The highest BCUT2D eigenvalue weighted by molar-refractivity contribution is 7.09. The van der Waals surface area contributed by atoms with Gasteiger partial charge in [-0.15, -0.1) is 11.3 Å². The molecule has 0 atom stereocenters.